The molecule has 0 aliphatic carbocycles. The molecule has 3 aromatic heterocycles. The number of hydrogen-bond acceptors (Lipinski definition) is 7. The number of aromatic nitrogens is 4. The molecule has 2 unspecified atom stereocenters. The quantitative estimate of drug-likeness (QED) is 0.704. The molecule has 10 heteroatoms. The molecule has 0 aromatic carbocycles. The zero-order valence-corrected chi connectivity index (χ0v) is 16.7. The van der Waals surface area contributed by atoms with Gasteiger partial charge in [-0.25, -0.2) is 9.50 Å². The van der Waals surface area contributed by atoms with Crippen LogP contribution in [0.15, 0.2) is 18.3 Å². The van der Waals surface area contributed by atoms with Crippen LogP contribution in [0, 0.1) is 12.9 Å². The number of carbonyl (C=O) groups excluding carboxylic acids is 1. The Morgan fingerprint density at radius 1 is 1.46 bits per heavy atom. The van der Waals surface area contributed by atoms with Gasteiger partial charge in [-0.15, -0.1) is 0 Å². The highest BCUT2D eigenvalue weighted by molar-refractivity contribution is 7.15. The molecule has 2 atom stereocenters. The minimum absolute atomic E-state index is 0.00673. The third kappa shape index (κ3) is 3.97. The SMILES string of the molecule is CC(=O)Nc1nc(F)c(CN2CC(Oc3ccn4nc(C)nc4c3)CC2C)s1. The van der Waals surface area contributed by atoms with Gasteiger partial charge in [0.05, 0.1) is 4.88 Å². The molecule has 1 amide bonds. The van der Waals surface area contributed by atoms with Gasteiger partial charge in [-0.2, -0.15) is 14.5 Å². The normalized spacial score (nSPS) is 20.0. The fourth-order valence-electron chi connectivity index (χ4n) is 3.41. The molecule has 28 heavy (non-hydrogen) atoms. The van der Waals surface area contributed by atoms with Crippen LogP contribution in [0.4, 0.5) is 9.52 Å². The first kappa shape index (κ1) is 18.8. The number of thiazole rings is 1. The number of aryl methyl sites for hydroxylation is 1. The fourth-order valence-corrected chi connectivity index (χ4v) is 4.32. The molecule has 4 rings (SSSR count). The first-order valence-electron chi connectivity index (χ1n) is 9.04. The minimum atomic E-state index is -0.530. The summed E-state index contributed by atoms with van der Waals surface area (Å²) in [6.07, 6.45) is 2.68. The Bertz CT molecular complexity index is 1020. The van der Waals surface area contributed by atoms with E-state index in [1.165, 1.54) is 18.3 Å². The lowest BCUT2D eigenvalue weighted by Gasteiger charge is -2.19. The van der Waals surface area contributed by atoms with Gasteiger partial charge in [0.25, 0.3) is 0 Å². The molecule has 1 N–H and O–H groups in total. The second-order valence-corrected chi connectivity index (χ2v) is 8.08. The van der Waals surface area contributed by atoms with E-state index in [1.807, 2.05) is 25.3 Å². The average molecular weight is 404 g/mol. The Balaban J connectivity index is 1.41. The number of pyridine rings is 1. The summed E-state index contributed by atoms with van der Waals surface area (Å²) in [4.78, 5) is 21.9. The van der Waals surface area contributed by atoms with Crippen molar-refractivity contribution in [2.75, 3.05) is 11.9 Å². The molecule has 0 radical (unpaired) electrons. The van der Waals surface area contributed by atoms with E-state index in [0.29, 0.717) is 23.8 Å². The van der Waals surface area contributed by atoms with Crippen molar-refractivity contribution in [2.24, 2.45) is 0 Å². The number of rotatable bonds is 5. The summed E-state index contributed by atoms with van der Waals surface area (Å²) in [7, 11) is 0. The highest BCUT2D eigenvalue weighted by atomic mass is 32.1. The number of nitrogens with one attached hydrogen (secondary N) is 1. The van der Waals surface area contributed by atoms with Crippen LogP contribution in [0.25, 0.3) is 5.65 Å². The van der Waals surface area contributed by atoms with Crippen molar-refractivity contribution in [1.82, 2.24) is 24.5 Å². The highest BCUT2D eigenvalue weighted by Crippen LogP contribution is 2.29. The van der Waals surface area contributed by atoms with E-state index < -0.39 is 5.95 Å². The van der Waals surface area contributed by atoms with E-state index in [9.17, 15) is 9.18 Å². The largest absolute Gasteiger partial charge is 0.489 e. The van der Waals surface area contributed by atoms with Crippen LogP contribution in [-0.2, 0) is 11.3 Å². The Labute approximate surface area is 165 Å². The summed E-state index contributed by atoms with van der Waals surface area (Å²) in [5.74, 6) is 0.667. The molecule has 1 aliphatic heterocycles. The highest BCUT2D eigenvalue weighted by Gasteiger charge is 2.31. The van der Waals surface area contributed by atoms with E-state index in [0.717, 1.165) is 17.8 Å². The third-order valence-electron chi connectivity index (χ3n) is 4.66. The van der Waals surface area contributed by atoms with Crippen molar-refractivity contribution in [3.05, 3.63) is 35.0 Å². The van der Waals surface area contributed by atoms with Crippen LogP contribution in [0.2, 0.25) is 0 Å². The average Bonchev–Trinajstić information content (AvgIpc) is 3.24. The van der Waals surface area contributed by atoms with Gasteiger partial charge in [-0.3, -0.25) is 9.69 Å². The van der Waals surface area contributed by atoms with Crippen LogP contribution in [0.1, 0.15) is 31.0 Å². The maximum atomic E-state index is 14.1. The number of nitrogens with zero attached hydrogens (tertiary/aromatic N) is 5. The van der Waals surface area contributed by atoms with E-state index in [4.69, 9.17) is 4.74 Å². The zero-order chi connectivity index (χ0) is 19.8. The molecule has 4 heterocycles. The molecule has 0 saturated carbocycles. The minimum Gasteiger partial charge on any atom is -0.489 e. The van der Waals surface area contributed by atoms with Gasteiger partial charge < -0.3 is 10.1 Å². The van der Waals surface area contributed by atoms with Crippen LogP contribution < -0.4 is 10.1 Å². The summed E-state index contributed by atoms with van der Waals surface area (Å²) in [6.45, 7) is 6.45. The van der Waals surface area contributed by atoms with Gasteiger partial charge in [-0.05, 0) is 19.9 Å². The Hall–Kier alpha value is -2.59. The van der Waals surface area contributed by atoms with Crippen molar-refractivity contribution in [1.29, 1.82) is 0 Å². The van der Waals surface area contributed by atoms with Crippen LogP contribution >= 0.6 is 11.3 Å². The molecule has 148 valence electrons. The molecule has 3 aromatic rings. The fraction of sp³-hybridized carbons (Fsp3) is 0.444. The number of amides is 1. The second-order valence-electron chi connectivity index (χ2n) is 6.99. The lowest BCUT2D eigenvalue weighted by atomic mass is 10.2. The molecule has 1 fully saturated rings. The van der Waals surface area contributed by atoms with E-state index in [1.54, 1.807) is 4.52 Å². The number of anilines is 1. The molecule has 0 bridgehead atoms. The number of halogens is 1. The van der Waals surface area contributed by atoms with Crippen molar-refractivity contribution in [2.45, 2.75) is 45.9 Å². The third-order valence-corrected chi connectivity index (χ3v) is 5.59. The standard InChI is InChI=1S/C18H21FN6O2S/c1-10-6-14(27-13-4-5-25-16(7-13)20-11(2)23-25)8-24(10)9-15-17(19)22-18(28-15)21-12(3)26/h4-5,7,10,14H,6,8-9H2,1-3H3,(H,21,22,26). The predicted molar refractivity (Wildman–Crippen MR) is 103 cm³/mol. The maximum absolute atomic E-state index is 14.1. The smallest absolute Gasteiger partial charge is 0.230 e. The number of fused-ring (bicyclic) bond motifs is 1. The Morgan fingerprint density at radius 3 is 3.07 bits per heavy atom. The maximum Gasteiger partial charge on any atom is 0.230 e. The van der Waals surface area contributed by atoms with Gasteiger partial charge in [0, 0.05) is 44.7 Å². The number of hydrogen-bond donors (Lipinski definition) is 1. The van der Waals surface area contributed by atoms with Gasteiger partial charge >= 0.3 is 0 Å². The molecular weight excluding hydrogens is 383 g/mol. The van der Waals surface area contributed by atoms with Crippen molar-refractivity contribution in [3.8, 4) is 5.75 Å². The van der Waals surface area contributed by atoms with Gasteiger partial charge in [0.15, 0.2) is 10.8 Å². The Morgan fingerprint density at radius 2 is 2.29 bits per heavy atom. The summed E-state index contributed by atoms with van der Waals surface area (Å²) >= 11 is 1.17. The first-order valence-corrected chi connectivity index (χ1v) is 9.85. The summed E-state index contributed by atoms with van der Waals surface area (Å²) in [6, 6.07) is 3.99. The Kier molecular flexibility index (Phi) is 4.98. The van der Waals surface area contributed by atoms with Crippen LogP contribution in [0.5, 0.6) is 5.75 Å². The van der Waals surface area contributed by atoms with Crippen LogP contribution in [-0.4, -0.2) is 49.1 Å². The zero-order valence-electron chi connectivity index (χ0n) is 15.8. The number of carbonyl (C=O) groups is 1. The summed E-state index contributed by atoms with van der Waals surface area (Å²) in [5.41, 5.74) is 0.745. The summed E-state index contributed by atoms with van der Waals surface area (Å²) in [5, 5.41) is 7.08. The predicted octanol–water partition coefficient (Wildman–Crippen LogP) is 2.63. The van der Waals surface area contributed by atoms with Crippen molar-refractivity contribution < 1.29 is 13.9 Å². The van der Waals surface area contributed by atoms with E-state index in [2.05, 4.69) is 32.2 Å². The van der Waals surface area contributed by atoms with Gasteiger partial charge in [0.1, 0.15) is 17.7 Å². The van der Waals surface area contributed by atoms with Crippen molar-refractivity contribution >= 4 is 28.0 Å². The van der Waals surface area contributed by atoms with E-state index in [-0.39, 0.29) is 23.2 Å². The molecule has 8 nitrogen and oxygen atoms in total. The lowest BCUT2D eigenvalue weighted by molar-refractivity contribution is -0.114. The van der Waals surface area contributed by atoms with Crippen molar-refractivity contribution in [3.63, 3.8) is 0 Å². The van der Waals surface area contributed by atoms with Crippen LogP contribution in [0.3, 0.4) is 0 Å². The monoisotopic (exact) mass is 404 g/mol. The molecule has 0 spiro atoms. The second kappa shape index (κ2) is 7.44. The first-order chi connectivity index (χ1) is 13.4. The van der Waals surface area contributed by atoms with Gasteiger partial charge in [0.2, 0.25) is 11.9 Å². The lowest BCUT2D eigenvalue weighted by Crippen LogP contribution is -2.28. The number of ether oxygens (including phenoxy) is 1. The molecule has 1 saturated heterocycles. The summed E-state index contributed by atoms with van der Waals surface area (Å²) < 4.78 is 22.0. The number of likely N-dealkylation sites (tertiary alicyclic amines) is 1. The van der Waals surface area contributed by atoms with E-state index >= 15 is 0 Å². The van der Waals surface area contributed by atoms with Gasteiger partial charge in [-0.1, -0.05) is 11.3 Å². The molecular formula is C18H21FN6O2S. The molecule has 1 aliphatic rings. The topological polar surface area (TPSA) is 84.7 Å².